The Hall–Kier alpha value is -2.76. The van der Waals surface area contributed by atoms with Gasteiger partial charge in [-0.1, -0.05) is 29.3 Å². The minimum atomic E-state index is -0.562. The average Bonchev–Trinajstić information content (AvgIpc) is 2.95. The van der Waals surface area contributed by atoms with Crippen LogP contribution < -0.4 is 9.64 Å². The third-order valence-corrected chi connectivity index (χ3v) is 5.11. The van der Waals surface area contributed by atoms with Crippen molar-refractivity contribution in [1.82, 2.24) is 0 Å². The van der Waals surface area contributed by atoms with E-state index in [0.717, 1.165) is 0 Å². The predicted octanol–water partition coefficient (Wildman–Crippen LogP) is 5.66. The molecule has 0 bridgehead atoms. The molecule has 0 aromatic heterocycles. The molecule has 0 saturated carbocycles. The fraction of sp³-hybridized carbons (Fsp3) is 0.217. The maximum absolute atomic E-state index is 13.3. The highest BCUT2D eigenvalue weighted by Crippen LogP contribution is 2.37. The van der Waals surface area contributed by atoms with Crippen molar-refractivity contribution in [2.75, 3.05) is 18.1 Å². The van der Waals surface area contributed by atoms with E-state index in [-0.39, 0.29) is 23.7 Å². The van der Waals surface area contributed by atoms with Gasteiger partial charge in [-0.25, -0.2) is 4.79 Å². The van der Waals surface area contributed by atoms with Gasteiger partial charge in [0, 0.05) is 21.4 Å². The average molecular weight is 446 g/mol. The monoisotopic (exact) mass is 445 g/mol. The van der Waals surface area contributed by atoms with Gasteiger partial charge in [0.25, 0.3) is 5.91 Å². The fourth-order valence-corrected chi connectivity index (χ4v) is 3.69. The minimum absolute atomic E-state index is 0.196. The lowest BCUT2D eigenvalue weighted by atomic mass is 10.0. The van der Waals surface area contributed by atoms with Crippen molar-refractivity contribution < 1.29 is 19.1 Å². The van der Waals surface area contributed by atoms with Gasteiger partial charge in [0.05, 0.1) is 24.4 Å². The molecule has 0 unspecified atom stereocenters. The Bertz CT molecular complexity index is 1040. The number of nitrogens with zero attached hydrogens (tertiary/aromatic N) is 1. The van der Waals surface area contributed by atoms with Crippen LogP contribution in [0, 0.1) is 0 Å². The Labute approximate surface area is 185 Å². The maximum atomic E-state index is 13.3. The number of hydrogen-bond acceptors (Lipinski definition) is 4. The molecular formula is C23H21Cl2NO4. The van der Waals surface area contributed by atoms with Gasteiger partial charge in [-0.15, -0.1) is 0 Å². The fourth-order valence-electron chi connectivity index (χ4n) is 3.22. The molecule has 5 nitrogen and oxygen atoms in total. The van der Waals surface area contributed by atoms with E-state index in [1.54, 1.807) is 62.4 Å². The number of benzene rings is 2. The molecule has 1 heterocycles. The summed E-state index contributed by atoms with van der Waals surface area (Å²) >= 11 is 12.3. The molecule has 1 aliphatic rings. The highest BCUT2D eigenvalue weighted by atomic mass is 35.5. The van der Waals surface area contributed by atoms with Gasteiger partial charge in [-0.3, -0.25) is 9.69 Å². The first kappa shape index (κ1) is 21.9. The molecule has 2 aromatic carbocycles. The van der Waals surface area contributed by atoms with Gasteiger partial charge < -0.3 is 9.47 Å². The Morgan fingerprint density at radius 2 is 1.77 bits per heavy atom. The summed E-state index contributed by atoms with van der Waals surface area (Å²) in [5, 5.41) is 0.858. The Kier molecular flexibility index (Phi) is 6.85. The normalized spacial score (nSPS) is 15.2. The molecular weight excluding hydrogens is 425 g/mol. The molecule has 0 spiro atoms. The van der Waals surface area contributed by atoms with Crippen LogP contribution >= 0.6 is 23.2 Å². The predicted molar refractivity (Wildman–Crippen MR) is 119 cm³/mol. The van der Waals surface area contributed by atoms with Crippen LogP contribution in [-0.2, 0) is 14.3 Å². The number of halogens is 2. The zero-order valence-corrected chi connectivity index (χ0v) is 18.4. The van der Waals surface area contributed by atoms with Crippen molar-refractivity contribution in [3.8, 4) is 5.75 Å². The van der Waals surface area contributed by atoms with Crippen molar-refractivity contribution >= 4 is 46.8 Å². The molecule has 30 heavy (non-hydrogen) atoms. The standard InChI is InChI=1S/C23H21Cl2NO4/c1-4-29-18-10-8-17(9-11-18)26-14(3)21(23(28)30-5-2)19(22(26)27)12-15-6-7-16(24)13-20(15)25/h6-13H,4-5H2,1-3H3. The van der Waals surface area contributed by atoms with Crippen molar-refractivity contribution in [3.63, 3.8) is 0 Å². The second-order valence-corrected chi connectivity index (χ2v) is 7.32. The van der Waals surface area contributed by atoms with Crippen molar-refractivity contribution in [1.29, 1.82) is 0 Å². The number of amides is 1. The van der Waals surface area contributed by atoms with E-state index in [1.807, 2.05) is 6.92 Å². The minimum Gasteiger partial charge on any atom is -0.494 e. The summed E-state index contributed by atoms with van der Waals surface area (Å²) in [4.78, 5) is 27.5. The Balaban J connectivity index is 2.09. The van der Waals surface area contributed by atoms with Gasteiger partial charge in [0.1, 0.15) is 5.75 Å². The lowest BCUT2D eigenvalue weighted by Crippen LogP contribution is -2.24. The quantitative estimate of drug-likeness (QED) is 0.425. The van der Waals surface area contributed by atoms with Crippen LogP contribution in [0.5, 0.6) is 5.75 Å². The van der Waals surface area contributed by atoms with E-state index in [0.29, 0.717) is 39.3 Å². The van der Waals surface area contributed by atoms with Gasteiger partial charge in [-0.2, -0.15) is 0 Å². The van der Waals surface area contributed by atoms with Crippen LogP contribution in [0.4, 0.5) is 5.69 Å². The zero-order chi connectivity index (χ0) is 21.8. The molecule has 0 N–H and O–H groups in total. The van der Waals surface area contributed by atoms with E-state index in [9.17, 15) is 9.59 Å². The van der Waals surface area contributed by atoms with Gasteiger partial charge in [0.15, 0.2) is 0 Å². The lowest BCUT2D eigenvalue weighted by molar-refractivity contribution is -0.138. The van der Waals surface area contributed by atoms with Crippen LogP contribution in [0.1, 0.15) is 26.3 Å². The molecule has 156 valence electrons. The second kappa shape index (κ2) is 9.37. The Morgan fingerprint density at radius 3 is 2.37 bits per heavy atom. The molecule has 0 fully saturated rings. The van der Waals surface area contributed by atoms with Gasteiger partial charge in [0.2, 0.25) is 0 Å². The molecule has 0 atom stereocenters. The number of anilines is 1. The molecule has 2 aromatic rings. The van der Waals surface area contributed by atoms with E-state index >= 15 is 0 Å². The largest absolute Gasteiger partial charge is 0.494 e. The molecule has 0 radical (unpaired) electrons. The molecule has 7 heteroatoms. The number of ether oxygens (including phenoxy) is 2. The van der Waals surface area contributed by atoms with Crippen LogP contribution in [-0.4, -0.2) is 25.1 Å². The number of esters is 1. The van der Waals surface area contributed by atoms with E-state index in [1.165, 1.54) is 4.90 Å². The van der Waals surface area contributed by atoms with E-state index < -0.39 is 5.97 Å². The summed E-state index contributed by atoms with van der Waals surface area (Å²) in [6.07, 6.45) is 1.59. The third-order valence-electron chi connectivity index (χ3n) is 4.55. The van der Waals surface area contributed by atoms with Gasteiger partial charge in [-0.05, 0) is 68.8 Å². The SMILES string of the molecule is CCOC(=O)C1=C(C)N(c2ccc(OCC)cc2)C(=O)C1=Cc1ccc(Cl)cc1Cl. The summed E-state index contributed by atoms with van der Waals surface area (Å²) in [6.45, 7) is 6.07. The van der Waals surface area contributed by atoms with Crippen molar-refractivity contribution in [2.24, 2.45) is 0 Å². The molecule has 0 saturated heterocycles. The van der Waals surface area contributed by atoms with Crippen molar-refractivity contribution in [3.05, 3.63) is 74.9 Å². The van der Waals surface area contributed by atoms with Gasteiger partial charge >= 0.3 is 5.97 Å². The van der Waals surface area contributed by atoms with E-state index in [4.69, 9.17) is 32.7 Å². The van der Waals surface area contributed by atoms with Crippen LogP contribution in [0.2, 0.25) is 10.0 Å². The summed E-state index contributed by atoms with van der Waals surface area (Å²) in [6, 6.07) is 12.1. The second-order valence-electron chi connectivity index (χ2n) is 6.47. The van der Waals surface area contributed by atoms with Crippen molar-refractivity contribution in [2.45, 2.75) is 20.8 Å². The molecule has 3 rings (SSSR count). The number of hydrogen-bond donors (Lipinski definition) is 0. The summed E-state index contributed by atoms with van der Waals surface area (Å²) in [7, 11) is 0. The number of carbonyl (C=O) groups is 2. The Morgan fingerprint density at radius 1 is 1.07 bits per heavy atom. The summed E-state index contributed by atoms with van der Waals surface area (Å²) in [5.41, 5.74) is 2.10. The highest BCUT2D eigenvalue weighted by Gasteiger charge is 2.38. The first-order valence-electron chi connectivity index (χ1n) is 9.49. The first-order chi connectivity index (χ1) is 14.4. The summed E-state index contributed by atoms with van der Waals surface area (Å²) < 4.78 is 10.7. The highest BCUT2D eigenvalue weighted by molar-refractivity contribution is 6.36. The smallest absolute Gasteiger partial charge is 0.340 e. The van der Waals surface area contributed by atoms with Crippen LogP contribution in [0.25, 0.3) is 6.08 Å². The van der Waals surface area contributed by atoms with Crippen LogP contribution in [0.3, 0.4) is 0 Å². The molecule has 0 aliphatic carbocycles. The maximum Gasteiger partial charge on any atom is 0.340 e. The zero-order valence-electron chi connectivity index (χ0n) is 16.9. The molecule has 1 amide bonds. The lowest BCUT2D eigenvalue weighted by Gasteiger charge is -2.18. The number of allylic oxidation sites excluding steroid dienone is 1. The number of rotatable bonds is 6. The first-order valence-corrected chi connectivity index (χ1v) is 10.2. The molecule has 1 aliphatic heterocycles. The van der Waals surface area contributed by atoms with Crippen LogP contribution in [0.15, 0.2) is 59.3 Å². The summed E-state index contributed by atoms with van der Waals surface area (Å²) in [5.74, 6) is -0.206. The topological polar surface area (TPSA) is 55.8 Å². The number of carbonyl (C=O) groups excluding carboxylic acids is 2. The third kappa shape index (κ3) is 4.37. The van der Waals surface area contributed by atoms with E-state index in [2.05, 4.69) is 0 Å².